The number of aryl methyl sites for hydroxylation is 6. The summed E-state index contributed by atoms with van der Waals surface area (Å²) in [6, 6.07) is 33.5. The van der Waals surface area contributed by atoms with E-state index in [1.54, 1.807) is 36.4 Å². The van der Waals surface area contributed by atoms with Crippen molar-refractivity contribution >= 4 is 46.4 Å². The van der Waals surface area contributed by atoms with Crippen LogP contribution in [0.2, 0.25) is 20.1 Å². The molecular weight excluding hydrogens is 778 g/mol. The lowest BCUT2D eigenvalue weighted by molar-refractivity contribution is 0.390. The Labute approximate surface area is 339 Å². The molecule has 0 unspecified atom stereocenters. The summed E-state index contributed by atoms with van der Waals surface area (Å²) < 4.78 is 16.9. The third-order valence-electron chi connectivity index (χ3n) is 8.11. The molecule has 6 aromatic rings. The second kappa shape index (κ2) is 19.2. The number of hydrogen-bond acceptors (Lipinski definition) is 7. The van der Waals surface area contributed by atoms with Gasteiger partial charge in [-0.15, -0.1) is 0 Å². The molecular formula is C43H34Cl4N4O4. The maximum absolute atomic E-state index is 12.2. The summed E-state index contributed by atoms with van der Waals surface area (Å²) in [5.41, 5.74) is 6.67. The molecule has 2 heterocycles. The van der Waals surface area contributed by atoms with Gasteiger partial charge in [0.05, 0.1) is 30.4 Å². The highest BCUT2D eigenvalue weighted by molar-refractivity contribution is 6.33. The van der Waals surface area contributed by atoms with Gasteiger partial charge >= 0.3 is 0 Å². The summed E-state index contributed by atoms with van der Waals surface area (Å²) >= 11 is 24.5. The van der Waals surface area contributed by atoms with Gasteiger partial charge in [0, 0.05) is 33.6 Å². The van der Waals surface area contributed by atoms with Gasteiger partial charge in [-0.25, -0.2) is 4.98 Å². The summed E-state index contributed by atoms with van der Waals surface area (Å²) in [6.07, 6.45) is 2.93. The molecule has 12 heteroatoms. The van der Waals surface area contributed by atoms with Crippen LogP contribution in [0.1, 0.15) is 44.8 Å². The Morgan fingerprint density at radius 2 is 1.18 bits per heavy atom. The molecule has 0 bridgehead atoms. The van der Waals surface area contributed by atoms with Gasteiger partial charge in [-0.3, -0.25) is 4.79 Å². The Morgan fingerprint density at radius 3 is 1.69 bits per heavy atom. The van der Waals surface area contributed by atoms with Gasteiger partial charge in [-0.05, 0) is 87.1 Å². The number of H-pyrrole nitrogens is 1. The molecule has 0 radical (unpaired) electrons. The van der Waals surface area contributed by atoms with Crippen LogP contribution in [-0.4, -0.2) is 17.1 Å². The van der Waals surface area contributed by atoms with Crippen molar-refractivity contribution < 1.29 is 14.2 Å². The van der Waals surface area contributed by atoms with Crippen molar-refractivity contribution in [1.29, 1.82) is 10.5 Å². The van der Waals surface area contributed by atoms with Crippen LogP contribution >= 0.6 is 46.4 Å². The van der Waals surface area contributed by atoms with Gasteiger partial charge in [-0.2, -0.15) is 10.5 Å². The smallest absolute Gasteiger partial charge is 0.270 e. The number of hydrogen-bond donors (Lipinski definition) is 1. The zero-order chi connectivity index (χ0) is 39.5. The van der Waals surface area contributed by atoms with Crippen molar-refractivity contribution in [2.24, 2.45) is 0 Å². The quantitative estimate of drug-likeness (QED) is 0.138. The lowest BCUT2D eigenvalue weighted by Gasteiger charge is -2.13. The third kappa shape index (κ3) is 11.8. The van der Waals surface area contributed by atoms with Crippen molar-refractivity contribution in [3.8, 4) is 41.0 Å². The molecule has 0 fully saturated rings. The number of aromatic nitrogens is 2. The van der Waals surface area contributed by atoms with Crippen LogP contribution in [0.25, 0.3) is 0 Å². The number of nitrogens with zero attached hydrogens (tertiary/aromatic N) is 3. The number of pyridine rings is 2. The second-order valence-electron chi connectivity index (χ2n) is 12.5. The van der Waals surface area contributed by atoms with Gasteiger partial charge in [0.25, 0.3) is 5.56 Å². The summed E-state index contributed by atoms with van der Waals surface area (Å²) in [5.74, 6) is 1.69. The van der Waals surface area contributed by atoms with Gasteiger partial charge in [0.1, 0.15) is 21.5 Å². The first kappa shape index (κ1) is 40.7. The van der Waals surface area contributed by atoms with E-state index in [1.165, 1.54) is 41.5 Å². The van der Waals surface area contributed by atoms with Gasteiger partial charge in [-0.1, -0.05) is 106 Å². The van der Waals surface area contributed by atoms with Crippen molar-refractivity contribution in [3.63, 3.8) is 0 Å². The van der Waals surface area contributed by atoms with E-state index < -0.39 is 5.56 Å². The minimum atomic E-state index is -0.420. The molecule has 55 heavy (non-hydrogen) atoms. The molecule has 0 amide bonds. The standard InChI is InChI=1S/C22H18Cl2N2O2.C21H16Cl2N2O2/c1-14-4-3-5-15(8-14)6-7-18-12-20(21(24)22(26-18)27-2)28-19-10-16(13-25)9-17(23)11-19;1-13-3-2-4-14(7-13)5-6-17-11-19(20(23)21(26)25-17)27-18-9-15(12-24)8-16(22)10-18/h3-5,8-12H,6-7H2,1-2H3;2-4,7-11H,5-6H2,1H3,(H,25,26). The topological polar surface area (TPSA) is 121 Å². The Hall–Kier alpha value is -5.48. The monoisotopic (exact) mass is 810 g/mol. The van der Waals surface area contributed by atoms with E-state index in [0.717, 1.165) is 18.5 Å². The van der Waals surface area contributed by atoms with E-state index in [4.69, 9.17) is 71.1 Å². The number of benzene rings is 4. The van der Waals surface area contributed by atoms with Gasteiger partial charge in [0.15, 0.2) is 11.5 Å². The van der Waals surface area contributed by atoms with Crippen LogP contribution in [0.5, 0.6) is 28.9 Å². The fraction of sp³-hybridized carbons (Fsp3) is 0.163. The van der Waals surface area contributed by atoms with E-state index in [9.17, 15) is 4.79 Å². The Morgan fingerprint density at radius 1 is 0.655 bits per heavy atom. The van der Waals surface area contributed by atoms with Crippen LogP contribution in [0.4, 0.5) is 0 Å². The normalized spacial score (nSPS) is 10.4. The highest BCUT2D eigenvalue weighted by Crippen LogP contribution is 2.37. The molecule has 4 aromatic carbocycles. The molecule has 0 aliphatic heterocycles. The number of ether oxygens (including phenoxy) is 3. The van der Waals surface area contributed by atoms with E-state index in [0.29, 0.717) is 62.8 Å². The molecule has 2 aromatic heterocycles. The van der Waals surface area contributed by atoms with Crippen molar-refractivity contribution in [2.45, 2.75) is 39.5 Å². The van der Waals surface area contributed by atoms with Crippen molar-refractivity contribution in [3.05, 3.63) is 172 Å². The van der Waals surface area contributed by atoms with E-state index >= 15 is 0 Å². The van der Waals surface area contributed by atoms with E-state index in [2.05, 4.69) is 47.2 Å². The molecule has 1 N–H and O–H groups in total. The van der Waals surface area contributed by atoms with E-state index in [1.807, 2.05) is 37.3 Å². The summed E-state index contributed by atoms with van der Waals surface area (Å²) in [4.78, 5) is 19.4. The molecule has 0 atom stereocenters. The third-order valence-corrected chi connectivity index (χ3v) is 9.25. The number of methoxy groups -OCH3 is 1. The van der Waals surface area contributed by atoms with Crippen molar-refractivity contribution in [2.75, 3.05) is 7.11 Å². The Balaban J connectivity index is 0.000000211. The van der Waals surface area contributed by atoms with Crippen molar-refractivity contribution in [1.82, 2.24) is 9.97 Å². The molecule has 0 spiro atoms. The highest BCUT2D eigenvalue weighted by Gasteiger charge is 2.15. The van der Waals surface area contributed by atoms with Crippen LogP contribution in [-0.2, 0) is 25.7 Å². The molecule has 0 saturated heterocycles. The zero-order valence-electron chi connectivity index (χ0n) is 30.1. The first-order valence-corrected chi connectivity index (χ1v) is 18.5. The predicted molar refractivity (Wildman–Crippen MR) is 218 cm³/mol. The minimum absolute atomic E-state index is 0.0483. The predicted octanol–water partition coefficient (Wildman–Crippen LogP) is 11.6. The van der Waals surface area contributed by atoms with Crippen LogP contribution in [0.3, 0.4) is 0 Å². The Bertz CT molecular complexity index is 2470. The molecule has 0 saturated carbocycles. The Kier molecular flexibility index (Phi) is 14.2. The fourth-order valence-electron chi connectivity index (χ4n) is 5.56. The molecule has 8 nitrogen and oxygen atoms in total. The highest BCUT2D eigenvalue weighted by atomic mass is 35.5. The molecule has 6 rings (SSSR count). The lowest BCUT2D eigenvalue weighted by atomic mass is 10.1. The van der Waals surface area contributed by atoms with E-state index in [-0.39, 0.29) is 15.8 Å². The molecule has 278 valence electrons. The largest absolute Gasteiger partial charge is 0.480 e. The first-order valence-electron chi connectivity index (χ1n) is 17.0. The average molecular weight is 813 g/mol. The van der Waals surface area contributed by atoms with Crippen LogP contribution in [0, 0.1) is 36.5 Å². The summed E-state index contributed by atoms with van der Waals surface area (Å²) in [6.45, 7) is 4.11. The number of halogens is 4. The van der Waals surface area contributed by atoms with Gasteiger partial charge < -0.3 is 19.2 Å². The minimum Gasteiger partial charge on any atom is -0.480 e. The number of nitrogens with one attached hydrogen (secondary N) is 1. The number of nitriles is 2. The van der Waals surface area contributed by atoms with Crippen LogP contribution < -0.4 is 19.8 Å². The number of rotatable bonds is 11. The number of aromatic amines is 1. The fourth-order valence-corrected chi connectivity index (χ4v) is 6.36. The lowest BCUT2D eigenvalue weighted by Crippen LogP contribution is -2.11. The molecule has 0 aliphatic rings. The zero-order valence-corrected chi connectivity index (χ0v) is 33.1. The second-order valence-corrected chi connectivity index (χ2v) is 14.1. The van der Waals surface area contributed by atoms with Crippen LogP contribution in [0.15, 0.2) is 102 Å². The average Bonchev–Trinajstić information content (AvgIpc) is 3.16. The first-order chi connectivity index (χ1) is 26.4. The molecule has 0 aliphatic carbocycles. The van der Waals surface area contributed by atoms with Gasteiger partial charge in [0.2, 0.25) is 5.88 Å². The maximum atomic E-state index is 12.2. The maximum Gasteiger partial charge on any atom is 0.270 e. The SMILES string of the molecule is COc1nc(CCc2cccc(C)c2)cc(Oc2cc(Cl)cc(C#N)c2)c1Cl.Cc1cccc(CCc2cc(Oc3cc(Cl)cc(C#N)c3)c(Cl)c(=O)[nH]2)c1. The summed E-state index contributed by atoms with van der Waals surface area (Å²) in [5, 5.41) is 19.1. The summed E-state index contributed by atoms with van der Waals surface area (Å²) in [7, 11) is 1.51.